The second-order valence-electron chi connectivity index (χ2n) is 7.56. The molecule has 1 aliphatic carbocycles. The Morgan fingerprint density at radius 1 is 1.04 bits per heavy atom. The first-order valence-corrected chi connectivity index (χ1v) is 9.79. The number of nitrogens with one attached hydrogen (secondary N) is 1. The van der Waals surface area contributed by atoms with Crippen LogP contribution < -0.4 is 5.32 Å². The predicted octanol–water partition coefficient (Wildman–Crippen LogP) is 1.72. The molecule has 7 nitrogen and oxygen atoms in total. The molecule has 28 heavy (non-hydrogen) atoms. The van der Waals surface area contributed by atoms with E-state index >= 15 is 0 Å². The van der Waals surface area contributed by atoms with Gasteiger partial charge in [-0.1, -0.05) is 37.1 Å². The maximum atomic E-state index is 12.4. The Hall–Kier alpha value is -2.96. The Morgan fingerprint density at radius 2 is 1.68 bits per heavy atom. The summed E-state index contributed by atoms with van der Waals surface area (Å²) >= 11 is 0. The predicted molar refractivity (Wildman–Crippen MR) is 102 cm³/mol. The third-order valence-corrected chi connectivity index (χ3v) is 5.65. The molecule has 3 amide bonds. The van der Waals surface area contributed by atoms with Crippen LogP contribution in [0.5, 0.6) is 0 Å². The number of hydrogen-bond acceptors (Lipinski definition) is 4. The van der Waals surface area contributed by atoms with E-state index in [-0.39, 0.29) is 36.1 Å². The molecule has 2 fully saturated rings. The second-order valence-corrected chi connectivity index (χ2v) is 7.56. The third kappa shape index (κ3) is 3.83. The van der Waals surface area contributed by atoms with E-state index in [2.05, 4.69) is 10.4 Å². The molecule has 2 aromatic rings. The molecule has 1 saturated carbocycles. The number of fused-ring (bicyclic) bond motifs is 1. The number of carbonyl (C=O) groups excluding carboxylic acids is 3. The van der Waals surface area contributed by atoms with E-state index < -0.39 is 0 Å². The normalized spacial score (nSPS) is 21.6. The van der Waals surface area contributed by atoms with Crippen molar-refractivity contribution in [1.82, 2.24) is 20.0 Å². The fourth-order valence-corrected chi connectivity index (χ4v) is 4.13. The zero-order valence-electron chi connectivity index (χ0n) is 15.7. The lowest BCUT2D eigenvalue weighted by Crippen LogP contribution is -2.40. The molecule has 0 spiro atoms. The second kappa shape index (κ2) is 7.96. The monoisotopic (exact) mass is 380 g/mol. The van der Waals surface area contributed by atoms with Crippen LogP contribution in [0.2, 0.25) is 0 Å². The number of benzene rings is 1. The molecule has 2 aliphatic rings. The Balaban J connectivity index is 1.28. The number of nitrogens with zero attached hydrogens (tertiary/aromatic N) is 3. The highest BCUT2D eigenvalue weighted by atomic mass is 16.2. The van der Waals surface area contributed by atoms with Gasteiger partial charge in [0.25, 0.3) is 0 Å². The van der Waals surface area contributed by atoms with Crippen molar-refractivity contribution in [3.63, 3.8) is 0 Å². The minimum absolute atomic E-state index is 0.173. The minimum Gasteiger partial charge on any atom is -0.350 e. The van der Waals surface area contributed by atoms with Crippen LogP contribution in [0.25, 0.3) is 0 Å². The van der Waals surface area contributed by atoms with Gasteiger partial charge in [0.1, 0.15) is 6.54 Å². The highest BCUT2D eigenvalue weighted by Gasteiger charge is 2.48. The van der Waals surface area contributed by atoms with Gasteiger partial charge in [-0.05, 0) is 30.0 Å². The number of amides is 3. The number of likely N-dealkylation sites (tertiary alicyclic amines) is 1. The lowest BCUT2D eigenvalue weighted by atomic mass is 9.81. The van der Waals surface area contributed by atoms with Crippen molar-refractivity contribution in [2.45, 2.75) is 38.8 Å². The zero-order valence-corrected chi connectivity index (χ0v) is 15.7. The van der Waals surface area contributed by atoms with Crippen molar-refractivity contribution in [3.05, 3.63) is 53.9 Å². The number of carbonyl (C=O) groups is 3. The number of hydrogen-bond donors (Lipinski definition) is 1. The fourth-order valence-electron chi connectivity index (χ4n) is 4.13. The molecule has 1 saturated heterocycles. The molecule has 2 atom stereocenters. The van der Waals surface area contributed by atoms with Crippen LogP contribution in [-0.4, -0.2) is 38.9 Å². The van der Waals surface area contributed by atoms with Crippen LogP contribution in [-0.2, 0) is 27.5 Å². The van der Waals surface area contributed by atoms with Crippen molar-refractivity contribution in [3.8, 4) is 0 Å². The molecule has 2 heterocycles. The quantitative estimate of drug-likeness (QED) is 0.774. The Bertz CT molecular complexity index is 836. The summed E-state index contributed by atoms with van der Waals surface area (Å²) in [7, 11) is 0. The summed E-state index contributed by atoms with van der Waals surface area (Å²) in [6, 6.07) is 9.80. The van der Waals surface area contributed by atoms with Gasteiger partial charge >= 0.3 is 0 Å². The lowest BCUT2D eigenvalue weighted by molar-refractivity contribution is -0.143. The average molecular weight is 380 g/mol. The number of rotatable bonds is 6. The molecule has 1 aromatic heterocycles. The summed E-state index contributed by atoms with van der Waals surface area (Å²) in [4.78, 5) is 38.3. The van der Waals surface area contributed by atoms with Gasteiger partial charge in [0.15, 0.2) is 0 Å². The van der Waals surface area contributed by atoms with Crippen LogP contribution in [0.15, 0.2) is 42.7 Å². The first-order valence-electron chi connectivity index (χ1n) is 9.79. The summed E-state index contributed by atoms with van der Waals surface area (Å²) in [6.45, 7) is 0.882. The number of imide groups is 1. The molecule has 4 rings (SSSR count). The summed E-state index contributed by atoms with van der Waals surface area (Å²) in [5, 5.41) is 6.99. The summed E-state index contributed by atoms with van der Waals surface area (Å²) in [6.07, 6.45) is 7.14. The number of aromatic nitrogens is 2. The topological polar surface area (TPSA) is 84.3 Å². The van der Waals surface area contributed by atoms with Crippen LogP contribution in [0, 0.1) is 11.8 Å². The molecule has 0 radical (unpaired) electrons. The fraction of sp³-hybridized carbons (Fsp3) is 0.429. The SMILES string of the molecule is O=C(CN1C(=O)C2CCCCC2C1=O)NCc1ccc(Cn2cccn2)cc1. The van der Waals surface area contributed by atoms with E-state index in [1.54, 1.807) is 6.20 Å². The summed E-state index contributed by atoms with van der Waals surface area (Å²) in [5.41, 5.74) is 2.08. The molecule has 1 aliphatic heterocycles. The molecular weight excluding hydrogens is 356 g/mol. The van der Waals surface area contributed by atoms with E-state index in [1.165, 1.54) is 0 Å². The van der Waals surface area contributed by atoms with Gasteiger partial charge in [-0.2, -0.15) is 5.10 Å². The largest absolute Gasteiger partial charge is 0.350 e. The smallest absolute Gasteiger partial charge is 0.240 e. The maximum absolute atomic E-state index is 12.4. The molecule has 146 valence electrons. The Kier molecular flexibility index (Phi) is 5.23. The van der Waals surface area contributed by atoms with Gasteiger partial charge in [0.2, 0.25) is 17.7 Å². The van der Waals surface area contributed by atoms with Gasteiger partial charge in [-0.25, -0.2) is 0 Å². The first kappa shape index (κ1) is 18.4. The third-order valence-electron chi connectivity index (χ3n) is 5.65. The molecular formula is C21H24N4O3. The standard InChI is InChI=1S/C21H24N4O3/c26-19(14-25-20(27)17-4-1-2-5-18(17)21(25)28)22-12-15-6-8-16(9-7-15)13-24-11-3-10-23-24/h3,6-11,17-18H,1-2,4-5,12-14H2,(H,22,26). The Morgan fingerprint density at radius 3 is 2.29 bits per heavy atom. The van der Waals surface area contributed by atoms with Crippen LogP contribution in [0.4, 0.5) is 0 Å². The minimum atomic E-state index is -0.305. The van der Waals surface area contributed by atoms with Crippen LogP contribution in [0.3, 0.4) is 0 Å². The van der Waals surface area contributed by atoms with E-state index in [0.29, 0.717) is 13.1 Å². The van der Waals surface area contributed by atoms with Crippen molar-refractivity contribution < 1.29 is 14.4 Å². The molecule has 1 N–H and O–H groups in total. The molecule has 2 unspecified atom stereocenters. The van der Waals surface area contributed by atoms with E-state index in [4.69, 9.17) is 0 Å². The first-order chi connectivity index (χ1) is 13.6. The maximum Gasteiger partial charge on any atom is 0.240 e. The highest BCUT2D eigenvalue weighted by Crippen LogP contribution is 2.37. The van der Waals surface area contributed by atoms with Crippen molar-refractivity contribution in [2.75, 3.05) is 6.54 Å². The Labute approximate surface area is 163 Å². The van der Waals surface area contributed by atoms with Gasteiger partial charge < -0.3 is 5.32 Å². The van der Waals surface area contributed by atoms with Gasteiger partial charge in [-0.3, -0.25) is 24.0 Å². The van der Waals surface area contributed by atoms with Gasteiger partial charge in [-0.15, -0.1) is 0 Å². The van der Waals surface area contributed by atoms with Crippen molar-refractivity contribution in [2.24, 2.45) is 11.8 Å². The lowest BCUT2D eigenvalue weighted by Gasteiger charge is -2.19. The van der Waals surface area contributed by atoms with Gasteiger partial charge in [0.05, 0.1) is 18.4 Å². The van der Waals surface area contributed by atoms with Crippen molar-refractivity contribution in [1.29, 1.82) is 0 Å². The van der Waals surface area contributed by atoms with E-state index in [9.17, 15) is 14.4 Å². The molecule has 7 heteroatoms. The van der Waals surface area contributed by atoms with Crippen molar-refractivity contribution >= 4 is 17.7 Å². The molecule has 1 aromatic carbocycles. The van der Waals surface area contributed by atoms with E-state index in [1.807, 2.05) is 41.2 Å². The van der Waals surface area contributed by atoms with Crippen LogP contribution >= 0.6 is 0 Å². The van der Waals surface area contributed by atoms with E-state index in [0.717, 1.165) is 41.7 Å². The highest BCUT2D eigenvalue weighted by molar-refractivity contribution is 6.07. The average Bonchev–Trinajstić information content (AvgIpc) is 3.31. The van der Waals surface area contributed by atoms with Gasteiger partial charge in [0, 0.05) is 18.9 Å². The summed E-state index contributed by atoms with van der Waals surface area (Å²) in [5.74, 6) is -1.07. The molecule has 0 bridgehead atoms. The summed E-state index contributed by atoms with van der Waals surface area (Å²) < 4.78 is 1.85. The zero-order chi connectivity index (χ0) is 19.5. The van der Waals surface area contributed by atoms with Crippen LogP contribution in [0.1, 0.15) is 36.8 Å².